The fourth-order valence-electron chi connectivity index (χ4n) is 1.35. The van der Waals surface area contributed by atoms with E-state index in [1.807, 2.05) is 0 Å². The molecule has 0 aliphatic rings. The van der Waals surface area contributed by atoms with Crippen molar-refractivity contribution in [1.82, 2.24) is 4.98 Å². The number of amides is 1. The van der Waals surface area contributed by atoms with Crippen molar-refractivity contribution in [3.63, 3.8) is 0 Å². The number of carbonyl (C=O) groups excluding carboxylic acids is 1. The van der Waals surface area contributed by atoms with Crippen molar-refractivity contribution < 1.29 is 9.21 Å². The number of halogens is 1. The second-order valence-corrected chi connectivity index (χ2v) is 3.64. The fourth-order valence-corrected chi connectivity index (χ4v) is 1.52. The number of carbonyl (C=O) groups is 1. The van der Waals surface area contributed by atoms with Crippen LogP contribution in [-0.2, 0) is 4.79 Å². The van der Waals surface area contributed by atoms with Crippen LogP contribution < -0.4 is 5.73 Å². The molecular weight excluding hydrogens is 216 g/mol. The predicted octanol–water partition coefficient (Wildman–Crippen LogP) is 2.07. The van der Waals surface area contributed by atoms with Gasteiger partial charge in [0.1, 0.15) is 5.52 Å². The van der Waals surface area contributed by atoms with Gasteiger partial charge >= 0.3 is 0 Å². The van der Waals surface area contributed by atoms with Crippen LogP contribution in [0.2, 0.25) is 5.35 Å². The molecule has 1 unspecified atom stereocenters. The van der Waals surface area contributed by atoms with E-state index in [-0.39, 0.29) is 17.2 Å². The first-order valence-corrected chi connectivity index (χ1v) is 4.81. The van der Waals surface area contributed by atoms with Gasteiger partial charge in [0, 0.05) is 0 Å². The Hall–Kier alpha value is -1.55. The topological polar surface area (TPSA) is 69.1 Å². The molecule has 0 spiro atoms. The number of primary amides is 1. The number of nitrogens with two attached hydrogens (primary N) is 1. The van der Waals surface area contributed by atoms with Crippen LogP contribution in [0.25, 0.3) is 11.1 Å². The lowest BCUT2D eigenvalue weighted by atomic mass is 10.0. The number of hydrogen-bond acceptors (Lipinski definition) is 3. The van der Waals surface area contributed by atoms with Crippen LogP contribution in [0.15, 0.2) is 22.6 Å². The Kier molecular flexibility index (Phi) is 2.36. The molecule has 0 saturated heterocycles. The van der Waals surface area contributed by atoms with Gasteiger partial charge in [0.05, 0.1) is 5.92 Å². The molecule has 2 aromatic rings. The first kappa shape index (κ1) is 9.98. The Morgan fingerprint density at radius 3 is 3.00 bits per heavy atom. The van der Waals surface area contributed by atoms with Gasteiger partial charge in [-0.3, -0.25) is 4.79 Å². The molecule has 0 saturated carbocycles. The van der Waals surface area contributed by atoms with Gasteiger partial charge in [-0.2, -0.15) is 4.98 Å². The molecule has 4 nitrogen and oxygen atoms in total. The fraction of sp³-hybridized carbons (Fsp3) is 0.200. The Morgan fingerprint density at radius 2 is 2.33 bits per heavy atom. The summed E-state index contributed by atoms with van der Waals surface area (Å²) in [5, 5.41) is 0.0916. The summed E-state index contributed by atoms with van der Waals surface area (Å²) >= 11 is 5.61. The number of aromatic nitrogens is 1. The molecule has 0 fully saturated rings. The van der Waals surface area contributed by atoms with Crippen molar-refractivity contribution in [2.75, 3.05) is 0 Å². The normalized spacial score (nSPS) is 12.9. The summed E-state index contributed by atoms with van der Waals surface area (Å²) in [6.45, 7) is 1.74. The number of benzene rings is 1. The summed E-state index contributed by atoms with van der Waals surface area (Å²) in [6.07, 6.45) is 0. The Balaban J connectivity index is 2.50. The number of oxazole rings is 1. The van der Waals surface area contributed by atoms with Crippen molar-refractivity contribution in [1.29, 1.82) is 0 Å². The standard InChI is InChI=1S/C10H9ClN2O2/c1-5(9(12)14)6-2-3-7-8(4-6)15-10(11)13-7/h2-5H,1H3,(H2,12,14). The monoisotopic (exact) mass is 224 g/mol. The van der Waals surface area contributed by atoms with Crippen molar-refractivity contribution in [3.05, 3.63) is 29.1 Å². The zero-order valence-electron chi connectivity index (χ0n) is 8.03. The highest BCUT2D eigenvalue weighted by Gasteiger charge is 2.13. The molecule has 0 radical (unpaired) electrons. The van der Waals surface area contributed by atoms with Crippen LogP contribution in [0.3, 0.4) is 0 Å². The summed E-state index contributed by atoms with van der Waals surface area (Å²) in [7, 11) is 0. The predicted molar refractivity (Wildman–Crippen MR) is 56.6 cm³/mol. The molecule has 2 N–H and O–H groups in total. The maximum Gasteiger partial charge on any atom is 0.293 e. The SMILES string of the molecule is CC(C(N)=O)c1ccc2nc(Cl)oc2c1. The summed E-state index contributed by atoms with van der Waals surface area (Å²) in [5.74, 6) is -0.724. The summed E-state index contributed by atoms with van der Waals surface area (Å²) in [6, 6.07) is 5.26. The van der Waals surface area contributed by atoms with E-state index >= 15 is 0 Å². The number of fused-ring (bicyclic) bond motifs is 1. The highest BCUT2D eigenvalue weighted by molar-refractivity contribution is 6.28. The highest BCUT2D eigenvalue weighted by Crippen LogP contribution is 2.23. The van der Waals surface area contributed by atoms with Crippen LogP contribution in [0.5, 0.6) is 0 Å². The van der Waals surface area contributed by atoms with Gasteiger partial charge in [0.25, 0.3) is 5.35 Å². The maximum absolute atomic E-state index is 11.0. The van der Waals surface area contributed by atoms with E-state index in [0.29, 0.717) is 11.1 Å². The van der Waals surface area contributed by atoms with Gasteiger partial charge in [-0.25, -0.2) is 0 Å². The van der Waals surface area contributed by atoms with Crippen LogP contribution in [-0.4, -0.2) is 10.9 Å². The third kappa shape index (κ3) is 1.80. The molecule has 1 aromatic carbocycles. The first-order valence-electron chi connectivity index (χ1n) is 4.43. The van der Waals surface area contributed by atoms with Gasteiger partial charge in [0.2, 0.25) is 5.91 Å². The largest absolute Gasteiger partial charge is 0.428 e. The minimum atomic E-state index is -0.375. The van der Waals surface area contributed by atoms with Crippen LogP contribution in [0.1, 0.15) is 18.4 Å². The van der Waals surface area contributed by atoms with Crippen LogP contribution >= 0.6 is 11.6 Å². The van der Waals surface area contributed by atoms with Crippen molar-refractivity contribution in [2.45, 2.75) is 12.8 Å². The van der Waals surface area contributed by atoms with E-state index in [0.717, 1.165) is 5.56 Å². The van der Waals surface area contributed by atoms with E-state index in [1.165, 1.54) is 0 Å². The molecular formula is C10H9ClN2O2. The average Bonchev–Trinajstić information content (AvgIpc) is 2.55. The molecule has 15 heavy (non-hydrogen) atoms. The van der Waals surface area contributed by atoms with Gasteiger partial charge in [0.15, 0.2) is 5.58 Å². The smallest absolute Gasteiger partial charge is 0.293 e. The van der Waals surface area contributed by atoms with Crippen LogP contribution in [0.4, 0.5) is 0 Å². The van der Waals surface area contributed by atoms with Gasteiger partial charge in [-0.1, -0.05) is 6.07 Å². The van der Waals surface area contributed by atoms with Crippen LogP contribution in [0, 0.1) is 0 Å². The number of hydrogen-bond donors (Lipinski definition) is 1. The molecule has 1 heterocycles. The average molecular weight is 225 g/mol. The quantitative estimate of drug-likeness (QED) is 0.849. The molecule has 1 aromatic heterocycles. The maximum atomic E-state index is 11.0. The van der Waals surface area contributed by atoms with Gasteiger partial charge in [-0.15, -0.1) is 0 Å². The Morgan fingerprint density at radius 1 is 1.60 bits per heavy atom. The molecule has 1 atom stereocenters. The van der Waals surface area contributed by atoms with Crippen molar-refractivity contribution >= 4 is 28.6 Å². The molecule has 5 heteroatoms. The Bertz CT molecular complexity index is 521. The van der Waals surface area contributed by atoms with Crippen molar-refractivity contribution in [3.8, 4) is 0 Å². The third-order valence-electron chi connectivity index (χ3n) is 2.31. The highest BCUT2D eigenvalue weighted by atomic mass is 35.5. The second kappa shape index (κ2) is 3.55. The van der Waals surface area contributed by atoms with Crippen molar-refractivity contribution in [2.24, 2.45) is 5.73 Å². The lowest BCUT2D eigenvalue weighted by Crippen LogP contribution is -2.18. The summed E-state index contributed by atoms with van der Waals surface area (Å²) in [4.78, 5) is 14.9. The van der Waals surface area contributed by atoms with E-state index in [1.54, 1.807) is 25.1 Å². The number of rotatable bonds is 2. The lowest BCUT2D eigenvalue weighted by Gasteiger charge is -2.05. The first-order chi connectivity index (χ1) is 7.08. The molecule has 2 rings (SSSR count). The summed E-state index contributed by atoms with van der Waals surface area (Å²) < 4.78 is 5.14. The zero-order chi connectivity index (χ0) is 11.0. The molecule has 0 aliphatic carbocycles. The molecule has 0 bridgehead atoms. The third-order valence-corrected chi connectivity index (χ3v) is 2.47. The minimum absolute atomic E-state index is 0.0916. The minimum Gasteiger partial charge on any atom is -0.428 e. The van der Waals surface area contributed by atoms with E-state index < -0.39 is 0 Å². The molecule has 1 amide bonds. The Labute approximate surface area is 91.0 Å². The lowest BCUT2D eigenvalue weighted by molar-refractivity contribution is -0.119. The van der Waals surface area contributed by atoms with E-state index in [2.05, 4.69) is 4.98 Å². The molecule has 0 aliphatic heterocycles. The van der Waals surface area contributed by atoms with E-state index in [9.17, 15) is 4.79 Å². The number of nitrogens with zero attached hydrogens (tertiary/aromatic N) is 1. The van der Waals surface area contributed by atoms with Gasteiger partial charge in [-0.05, 0) is 36.2 Å². The van der Waals surface area contributed by atoms with E-state index in [4.69, 9.17) is 21.8 Å². The molecule has 78 valence electrons. The zero-order valence-corrected chi connectivity index (χ0v) is 8.78. The second-order valence-electron chi connectivity index (χ2n) is 3.32. The van der Waals surface area contributed by atoms with Gasteiger partial charge < -0.3 is 10.2 Å². The summed E-state index contributed by atoms with van der Waals surface area (Å²) in [5.41, 5.74) is 7.23.